The molecule has 0 saturated carbocycles. The maximum absolute atomic E-state index is 11.0. The van der Waals surface area contributed by atoms with Gasteiger partial charge in [0.15, 0.2) is 6.61 Å². The van der Waals surface area contributed by atoms with E-state index in [0.29, 0.717) is 12.2 Å². The fourth-order valence-electron chi connectivity index (χ4n) is 1.32. The van der Waals surface area contributed by atoms with Gasteiger partial charge in [-0.2, -0.15) is 0 Å². The van der Waals surface area contributed by atoms with Crippen LogP contribution >= 0.6 is 0 Å². The lowest BCUT2D eigenvalue weighted by molar-refractivity contribution is -0.123. The molecule has 1 amide bonds. The number of amides is 1. The second-order valence-electron chi connectivity index (χ2n) is 3.32. The highest BCUT2D eigenvalue weighted by Crippen LogP contribution is 2.24. The first kappa shape index (κ1) is 13.1. The lowest BCUT2D eigenvalue weighted by Crippen LogP contribution is -2.34. The zero-order chi connectivity index (χ0) is 12.7. The van der Waals surface area contributed by atoms with Gasteiger partial charge in [0.2, 0.25) is 0 Å². The van der Waals surface area contributed by atoms with E-state index in [2.05, 4.69) is 6.58 Å². The molecule has 5 heteroatoms. The van der Waals surface area contributed by atoms with E-state index in [1.807, 2.05) is 11.5 Å². The number of ether oxygens (including phenoxy) is 2. The van der Waals surface area contributed by atoms with Gasteiger partial charge < -0.3 is 9.47 Å². The predicted molar refractivity (Wildman–Crippen MR) is 64.7 cm³/mol. The fraction of sp³-hybridized carbons (Fsp3) is 0.250. The monoisotopic (exact) mass is 236 g/mol. The zero-order valence-electron chi connectivity index (χ0n) is 9.73. The molecule has 0 saturated heterocycles. The molecule has 1 aromatic carbocycles. The average molecular weight is 236 g/mol. The SMILES string of the molecule is C=CCc1cc(OC)ccc1OCC(=O)NN. The summed E-state index contributed by atoms with van der Waals surface area (Å²) in [6.45, 7) is 3.55. The van der Waals surface area contributed by atoms with Gasteiger partial charge in [-0.25, -0.2) is 5.84 Å². The number of hydrogen-bond acceptors (Lipinski definition) is 4. The number of carbonyl (C=O) groups excluding carboxylic acids is 1. The molecule has 0 bridgehead atoms. The summed E-state index contributed by atoms with van der Waals surface area (Å²) in [5, 5.41) is 0. The summed E-state index contributed by atoms with van der Waals surface area (Å²) in [7, 11) is 1.59. The summed E-state index contributed by atoms with van der Waals surface area (Å²) in [5.41, 5.74) is 2.91. The number of nitrogens with two attached hydrogens (primary N) is 1. The number of allylic oxidation sites excluding steroid dienone is 1. The predicted octanol–water partition coefficient (Wildman–Crippen LogP) is 0.792. The standard InChI is InChI=1S/C12H16N2O3/c1-3-4-9-7-10(16-2)5-6-11(9)17-8-12(15)14-13/h3,5-7H,1,4,8,13H2,2H3,(H,14,15). The second kappa shape index (κ2) is 6.55. The van der Waals surface area contributed by atoms with E-state index in [9.17, 15) is 4.79 Å². The summed E-state index contributed by atoms with van der Waals surface area (Å²) in [4.78, 5) is 11.0. The van der Waals surface area contributed by atoms with Gasteiger partial charge in [-0.15, -0.1) is 6.58 Å². The Labute approximate surface area is 100 Å². The number of hydrogen-bond donors (Lipinski definition) is 2. The maximum Gasteiger partial charge on any atom is 0.271 e. The molecule has 0 aliphatic rings. The van der Waals surface area contributed by atoms with Crippen LogP contribution in [0.1, 0.15) is 5.56 Å². The topological polar surface area (TPSA) is 73.6 Å². The third kappa shape index (κ3) is 3.81. The fourth-order valence-corrected chi connectivity index (χ4v) is 1.32. The van der Waals surface area contributed by atoms with Crippen LogP contribution in [0.25, 0.3) is 0 Å². The second-order valence-corrected chi connectivity index (χ2v) is 3.32. The van der Waals surface area contributed by atoms with Gasteiger partial charge in [0.05, 0.1) is 7.11 Å². The third-order valence-corrected chi connectivity index (χ3v) is 2.15. The van der Waals surface area contributed by atoms with E-state index in [0.717, 1.165) is 11.3 Å². The largest absolute Gasteiger partial charge is 0.497 e. The van der Waals surface area contributed by atoms with Crippen LogP contribution < -0.4 is 20.7 Å². The first-order valence-electron chi connectivity index (χ1n) is 5.11. The van der Waals surface area contributed by atoms with E-state index >= 15 is 0 Å². The van der Waals surface area contributed by atoms with Crippen molar-refractivity contribution in [3.05, 3.63) is 36.4 Å². The molecule has 1 rings (SSSR count). The van der Waals surface area contributed by atoms with Crippen molar-refractivity contribution in [2.45, 2.75) is 6.42 Å². The molecule has 1 aromatic rings. The van der Waals surface area contributed by atoms with E-state index in [4.69, 9.17) is 15.3 Å². The molecule has 0 aliphatic heterocycles. The third-order valence-electron chi connectivity index (χ3n) is 2.15. The molecule has 0 spiro atoms. The zero-order valence-corrected chi connectivity index (χ0v) is 9.73. The van der Waals surface area contributed by atoms with Crippen LogP contribution in [0.15, 0.2) is 30.9 Å². The molecule has 0 aromatic heterocycles. The van der Waals surface area contributed by atoms with Crippen LogP contribution in [0, 0.1) is 0 Å². The molecule has 17 heavy (non-hydrogen) atoms. The van der Waals surface area contributed by atoms with Crippen LogP contribution in [0.2, 0.25) is 0 Å². The maximum atomic E-state index is 11.0. The number of nitrogens with one attached hydrogen (secondary N) is 1. The van der Waals surface area contributed by atoms with Gasteiger partial charge in [0.25, 0.3) is 5.91 Å². The molecule has 3 N–H and O–H groups in total. The number of benzene rings is 1. The van der Waals surface area contributed by atoms with Crippen molar-refractivity contribution in [3.8, 4) is 11.5 Å². The van der Waals surface area contributed by atoms with Crippen molar-refractivity contribution >= 4 is 5.91 Å². The highest BCUT2D eigenvalue weighted by atomic mass is 16.5. The van der Waals surface area contributed by atoms with Crippen molar-refractivity contribution in [1.29, 1.82) is 0 Å². The average Bonchev–Trinajstić information content (AvgIpc) is 2.37. The Morgan fingerprint density at radius 2 is 2.35 bits per heavy atom. The Bertz CT molecular complexity index is 405. The Hall–Kier alpha value is -2.01. The lowest BCUT2D eigenvalue weighted by atomic mass is 10.1. The Kier molecular flexibility index (Phi) is 5.03. The van der Waals surface area contributed by atoms with E-state index in [1.54, 1.807) is 25.3 Å². The van der Waals surface area contributed by atoms with Crippen LogP contribution in [0.3, 0.4) is 0 Å². The summed E-state index contributed by atoms with van der Waals surface area (Å²) in [5.74, 6) is 5.93. The van der Waals surface area contributed by atoms with Crippen molar-refractivity contribution < 1.29 is 14.3 Å². The molecule has 0 aliphatic carbocycles. The summed E-state index contributed by atoms with van der Waals surface area (Å²) >= 11 is 0. The van der Waals surface area contributed by atoms with Gasteiger partial charge in [-0.1, -0.05) is 6.08 Å². The molecule has 5 nitrogen and oxygen atoms in total. The van der Waals surface area contributed by atoms with E-state index in [-0.39, 0.29) is 12.5 Å². The minimum atomic E-state index is -0.384. The van der Waals surface area contributed by atoms with Gasteiger partial charge >= 0.3 is 0 Å². The smallest absolute Gasteiger partial charge is 0.271 e. The number of hydrazine groups is 1. The van der Waals surface area contributed by atoms with Gasteiger partial charge in [0.1, 0.15) is 11.5 Å². The molecular formula is C12H16N2O3. The Morgan fingerprint density at radius 1 is 1.59 bits per heavy atom. The van der Waals surface area contributed by atoms with Gasteiger partial charge in [-0.3, -0.25) is 10.2 Å². The van der Waals surface area contributed by atoms with Crippen molar-refractivity contribution in [2.24, 2.45) is 5.84 Å². The number of rotatable bonds is 6. The molecular weight excluding hydrogens is 220 g/mol. The summed E-state index contributed by atoms with van der Waals surface area (Å²) in [6, 6.07) is 5.36. The van der Waals surface area contributed by atoms with Crippen molar-refractivity contribution in [2.75, 3.05) is 13.7 Å². The molecule has 92 valence electrons. The number of carbonyl (C=O) groups is 1. The summed E-state index contributed by atoms with van der Waals surface area (Å²) in [6.07, 6.45) is 2.39. The van der Waals surface area contributed by atoms with Crippen molar-refractivity contribution in [1.82, 2.24) is 5.43 Å². The van der Waals surface area contributed by atoms with Gasteiger partial charge in [0, 0.05) is 5.56 Å². The first-order chi connectivity index (χ1) is 8.21. The quantitative estimate of drug-likeness (QED) is 0.331. The minimum absolute atomic E-state index is 0.118. The van der Waals surface area contributed by atoms with Crippen LogP contribution in [-0.2, 0) is 11.2 Å². The minimum Gasteiger partial charge on any atom is -0.497 e. The molecule has 0 unspecified atom stereocenters. The highest BCUT2D eigenvalue weighted by Gasteiger charge is 2.06. The normalized spacial score (nSPS) is 9.53. The Morgan fingerprint density at radius 3 is 2.94 bits per heavy atom. The number of methoxy groups -OCH3 is 1. The van der Waals surface area contributed by atoms with E-state index < -0.39 is 0 Å². The molecule has 0 heterocycles. The van der Waals surface area contributed by atoms with Crippen LogP contribution in [0.4, 0.5) is 0 Å². The van der Waals surface area contributed by atoms with Crippen molar-refractivity contribution in [3.63, 3.8) is 0 Å². The molecule has 0 fully saturated rings. The van der Waals surface area contributed by atoms with Crippen LogP contribution in [-0.4, -0.2) is 19.6 Å². The van der Waals surface area contributed by atoms with Gasteiger partial charge in [-0.05, 0) is 24.6 Å². The highest BCUT2D eigenvalue weighted by molar-refractivity contribution is 5.76. The van der Waals surface area contributed by atoms with E-state index in [1.165, 1.54) is 0 Å². The Balaban J connectivity index is 2.82. The first-order valence-corrected chi connectivity index (χ1v) is 5.11. The van der Waals surface area contributed by atoms with Crippen LogP contribution in [0.5, 0.6) is 11.5 Å². The molecule has 0 atom stereocenters. The summed E-state index contributed by atoms with van der Waals surface area (Å²) < 4.78 is 10.5. The molecule has 0 radical (unpaired) electrons. The lowest BCUT2D eigenvalue weighted by Gasteiger charge is -2.11.